The van der Waals surface area contributed by atoms with E-state index < -0.39 is 6.04 Å². The van der Waals surface area contributed by atoms with Crippen molar-refractivity contribution in [3.63, 3.8) is 0 Å². The highest BCUT2D eigenvalue weighted by atomic mass is 35.5. The number of benzene rings is 1. The second-order valence-electron chi connectivity index (χ2n) is 5.59. The molecule has 0 radical (unpaired) electrons. The summed E-state index contributed by atoms with van der Waals surface area (Å²) in [5.41, 5.74) is 1.28. The van der Waals surface area contributed by atoms with Gasteiger partial charge in [0.25, 0.3) is 5.91 Å². The lowest BCUT2D eigenvalue weighted by Crippen LogP contribution is -2.46. The minimum Gasteiger partial charge on any atom is -0.340 e. The highest BCUT2D eigenvalue weighted by Crippen LogP contribution is 2.19. The molecule has 2 aromatic rings. The molecule has 2 amide bonds. The highest BCUT2D eigenvalue weighted by molar-refractivity contribution is 6.33. The van der Waals surface area contributed by atoms with Gasteiger partial charge < -0.3 is 10.2 Å². The van der Waals surface area contributed by atoms with Crippen LogP contribution in [0.2, 0.25) is 5.02 Å². The van der Waals surface area contributed by atoms with Crippen molar-refractivity contribution in [1.82, 2.24) is 15.2 Å². The normalized spacial score (nSPS) is 13.0. The van der Waals surface area contributed by atoms with Gasteiger partial charge in [0.15, 0.2) is 0 Å². The number of amides is 2. The number of carbonyl (C=O) groups excluding carboxylic acids is 2. The molecule has 0 saturated heterocycles. The summed E-state index contributed by atoms with van der Waals surface area (Å²) in [5, 5.41) is 3.05. The van der Waals surface area contributed by atoms with E-state index >= 15 is 0 Å². The van der Waals surface area contributed by atoms with Crippen LogP contribution >= 0.6 is 11.6 Å². The van der Waals surface area contributed by atoms with E-state index in [2.05, 4.69) is 10.3 Å². The molecule has 1 aromatic heterocycles. The molecule has 0 aliphatic heterocycles. The number of hydrogen-bond acceptors (Lipinski definition) is 3. The molecular formula is C18H20ClN3O2. The summed E-state index contributed by atoms with van der Waals surface area (Å²) < 4.78 is 0. The average Bonchev–Trinajstić information content (AvgIpc) is 2.60. The van der Waals surface area contributed by atoms with Crippen molar-refractivity contribution in [1.29, 1.82) is 0 Å². The van der Waals surface area contributed by atoms with E-state index in [9.17, 15) is 9.59 Å². The number of rotatable bonds is 5. The predicted octanol–water partition coefficient (Wildman–Crippen LogP) is 3.07. The number of carbonyl (C=O) groups is 2. The van der Waals surface area contributed by atoms with Crippen molar-refractivity contribution < 1.29 is 9.59 Å². The zero-order chi connectivity index (χ0) is 17.7. The molecule has 6 heteroatoms. The number of aromatic nitrogens is 1. The fourth-order valence-electron chi connectivity index (χ4n) is 2.32. The Bertz CT molecular complexity index is 721. The molecule has 5 nitrogen and oxygen atoms in total. The van der Waals surface area contributed by atoms with Crippen LogP contribution in [0.25, 0.3) is 0 Å². The Morgan fingerprint density at radius 2 is 1.88 bits per heavy atom. The number of pyridine rings is 1. The number of hydrogen-bond donors (Lipinski definition) is 1. The molecule has 126 valence electrons. The SMILES string of the molecule is CC(NC(=O)c1ccccc1Cl)C(=O)N(C)C(C)c1cccnc1. The maximum absolute atomic E-state index is 12.6. The summed E-state index contributed by atoms with van der Waals surface area (Å²) in [4.78, 5) is 30.5. The van der Waals surface area contributed by atoms with Gasteiger partial charge in [-0.25, -0.2) is 0 Å². The third-order valence-electron chi connectivity index (χ3n) is 3.93. The minimum atomic E-state index is -0.669. The molecule has 1 heterocycles. The van der Waals surface area contributed by atoms with E-state index in [1.165, 1.54) is 0 Å². The van der Waals surface area contributed by atoms with Crippen molar-refractivity contribution in [2.45, 2.75) is 25.9 Å². The maximum Gasteiger partial charge on any atom is 0.253 e. The predicted molar refractivity (Wildman–Crippen MR) is 93.8 cm³/mol. The van der Waals surface area contributed by atoms with Gasteiger partial charge in [0.1, 0.15) is 6.04 Å². The molecular weight excluding hydrogens is 326 g/mol. The summed E-state index contributed by atoms with van der Waals surface area (Å²) in [5.74, 6) is -0.560. The molecule has 1 aromatic carbocycles. The van der Waals surface area contributed by atoms with Crippen LogP contribution in [0.3, 0.4) is 0 Å². The van der Waals surface area contributed by atoms with Crippen LogP contribution in [-0.2, 0) is 4.79 Å². The van der Waals surface area contributed by atoms with E-state index in [0.29, 0.717) is 10.6 Å². The second kappa shape index (κ2) is 7.93. The highest BCUT2D eigenvalue weighted by Gasteiger charge is 2.24. The van der Waals surface area contributed by atoms with Gasteiger partial charge >= 0.3 is 0 Å². The van der Waals surface area contributed by atoms with E-state index in [1.54, 1.807) is 55.5 Å². The third kappa shape index (κ3) is 4.11. The lowest BCUT2D eigenvalue weighted by Gasteiger charge is -2.28. The van der Waals surface area contributed by atoms with Gasteiger partial charge in [-0.15, -0.1) is 0 Å². The topological polar surface area (TPSA) is 62.3 Å². The molecule has 0 bridgehead atoms. The van der Waals surface area contributed by atoms with Crippen LogP contribution in [0.4, 0.5) is 0 Å². The summed E-state index contributed by atoms with van der Waals surface area (Å²) >= 11 is 6.01. The van der Waals surface area contributed by atoms with Crippen molar-refractivity contribution in [2.24, 2.45) is 0 Å². The zero-order valence-electron chi connectivity index (χ0n) is 13.9. The minimum absolute atomic E-state index is 0.147. The summed E-state index contributed by atoms with van der Waals surface area (Å²) in [7, 11) is 1.71. The Morgan fingerprint density at radius 3 is 2.50 bits per heavy atom. The van der Waals surface area contributed by atoms with E-state index in [0.717, 1.165) is 5.56 Å². The van der Waals surface area contributed by atoms with Gasteiger partial charge in [-0.1, -0.05) is 29.8 Å². The van der Waals surface area contributed by atoms with Gasteiger partial charge in [0.2, 0.25) is 5.91 Å². The number of nitrogens with zero attached hydrogens (tertiary/aromatic N) is 2. The van der Waals surface area contributed by atoms with Gasteiger partial charge in [-0.05, 0) is 37.6 Å². The average molecular weight is 346 g/mol. The van der Waals surface area contributed by atoms with Crippen molar-refractivity contribution in [2.75, 3.05) is 7.05 Å². The fourth-order valence-corrected chi connectivity index (χ4v) is 2.55. The van der Waals surface area contributed by atoms with Crippen molar-refractivity contribution in [3.05, 3.63) is 64.9 Å². The van der Waals surface area contributed by atoms with E-state index in [1.807, 2.05) is 19.1 Å². The van der Waals surface area contributed by atoms with Crippen LogP contribution in [0.15, 0.2) is 48.8 Å². The van der Waals surface area contributed by atoms with Gasteiger partial charge in [-0.2, -0.15) is 0 Å². The monoisotopic (exact) mass is 345 g/mol. The van der Waals surface area contributed by atoms with Gasteiger partial charge in [-0.3, -0.25) is 14.6 Å². The zero-order valence-corrected chi connectivity index (χ0v) is 14.6. The number of likely N-dealkylation sites (N-methyl/N-ethyl adjacent to an activating group) is 1. The Hall–Kier alpha value is -2.40. The van der Waals surface area contributed by atoms with Crippen LogP contribution in [0.5, 0.6) is 0 Å². The lowest BCUT2D eigenvalue weighted by atomic mass is 10.1. The Kier molecular flexibility index (Phi) is 5.93. The maximum atomic E-state index is 12.6. The Labute approximate surface area is 146 Å². The fraction of sp³-hybridized carbons (Fsp3) is 0.278. The molecule has 1 N–H and O–H groups in total. The summed E-state index contributed by atoms with van der Waals surface area (Å²) in [6.45, 7) is 3.57. The first-order valence-corrected chi connectivity index (χ1v) is 8.01. The van der Waals surface area contributed by atoms with Crippen molar-refractivity contribution >= 4 is 23.4 Å². The Morgan fingerprint density at radius 1 is 1.17 bits per heavy atom. The quantitative estimate of drug-likeness (QED) is 0.905. The molecule has 0 saturated carbocycles. The van der Waals surface area contributed by atoms with E-state index in [-0.39, 0.29) is 17.9 Å². The number of nitrogens with one attached hydrogen (secondary N) is 1. The molecule has 2 unspecified atom stereocenters. The molecule has 0 aliphatic rings. The van der Waals surface area contributed by atoms with Gasteiger partial charge in [0, 0.05) is 19.4 Å². The van der Waals surface area contributed by atoms with E-state index in [4.69, 9.17) is 11.6 Å². The lowest BCUT2D eigenvalue weighted by molar-refractivity contribution is -0.133. The van der Waals surface area contributed by atoms with Crippen molar-refractivity contribution in [3.8, 4) is 0 Å². The molecule has 0 fully saturated rings. The molecule has 24 heavy (non-hydrogen) atoms. The summed E-state index contributed by atoms with van der Waals surface area (Å²) in [6.07, 6.45) is 3.41. The first-order chi connectivity index (χ1) is 11.4. The summed E-state index contributed by atoms with van der Waals surface area (Å²) in [6, 6.07) is 9.65. The first-order valence-electron chi connectivity index (χ1n) is 7.63. The Balaban J connectivity index is 2.04. The molecule has 0 aliphatic carbocycles. The third-order valence-corrected chi connectivity index (χ3v) is 4.26. The van der Waals surface area contributed by atoms with Crippen LogP contribution in [-0.4, -0.2) is 34.8 Å². The van der Waals surface area contributed by atoms with Crippen LogP contribution < -0.4 is 5.32 Å². The first kappa shape index (κ1) is 17.9. The standard InChI is InChI=1S/C18H20ClN3O2/c1-12(21-17(23)15-8-4-5-9-16(15)19)18(24)22(3)13(2)14-7-6-10-20-11-14/h4-13H,1-3H3,(H,21,23). The molecule has 2 rings (SSSR count). The molecule has 0 spiro atoms. The second-order valence-corrected chi connectivity index (χ2v) is 5.99. The van der Waals surface area contributed by atoms with Crippen LogP contribution in [0.1, 0.15) is 35.8 Å². The largest absolute Gasteiger partial charge is 0.340 e. The number of halogens is 1. The molecule has 2 atom stereocenters. The van der Waals surface area contributed by atoms with Gasteiger partial charge in [0.05, 0.1) is 16.6 Å². The van der Waals surface area contributed by atoms with Crippen LogP contribution in [0, 0.1) is 0 Å². The smallest absolute Gasteiger partial charge is 0.253 e.